The Morgan fingerprint density at radius 1 is 0.750 bits per heavy atom. The zero-order valence-corrected chi connectivity index (χ0v) is 13.4. The molecule has 0 heterocycles. The van der Waals surface area contributed by atoms with E-state index in [-0.39, 0.29) is 11.6 Å². The monoisotopic (exact) mass is 286 g/mol. The van der Waals surface area contributed by atoms with Crippen LogP contribution < -0.4 is 0 Å². The van der Waals surface area contributed by atoms with E-state index in [0.717, 1.165) is 25.7 Å². The molecule has 0 aliphatic carbocycles. The second-order valence-corrected chi connectivity index (χ2v) is 5.56. The molecule has 0 bridgehead atoms. The summed E-state index contributed by atoms with van der Waals surface area (Å²) in [6.45, 7) is 4.67. The average molecular weight is 286 g/mol. The van der Waals surface area contributed by atoms with Crippen molar-refractivity contribution in [2.75, 3.05) is 27.4 Å². The minimum atomic E-state index is 0.226. The van der Waals surface area contributed by atoms with E-state index in [1.165, 1.54) is 0 Å². The van der Waals surface area contributed by atoms with Gasteiger partial charge in [-0.25, -0.2) is 0 Å². The van der Waals surface area contributed by atoms with Crippen LogP contribution in [0.1, 0.15) is 52.4 Å². The highest BCUT2D eigenvalue weighted by Crippen LogP contribution is 2.29. The van der Waals surface area contributed by atoms with E-state index in [2.05, 4.69) is 0 Å². The van der Waals surface area contributed by atoms with Crippen LogP contribution in [-0.4, -0.2) is 39.0 Å². The van der Waals surface area contributed by atoms with Crippen molar-refractivity contribution in [3.05, 3.63) is 0 Å². The minimum absolute atomic E-state index is 0.226. The first-order valence-corrected chi connectivity index (χ1v) is 7.48. The maximum absolute atomic E-state index is 11.2. The average Bonchev–Trinajstić information content (AvgIpc) is 2.39. The number of ether oxygens (including phenoxy) is 2. The van der Waals surface area contributed by atoms with Gasteiger partial charge in [0.2, 0.25) is 0 Å². The van der Waals surface area contributed by atoms with Crippen molar-refractivity contribution >= 4 is 11.6 Å². The van der Waals surface area contributed by atoms with Gasteiger partial charge in [0.15, 0.2) is 0 Å². The standard InChI is InChI=1S/C16H30O4/c1-13(17)5-7-15(9-11-19-3)16(10-12-20-4)8-6-14(2)18/h15-16H,5-12H2,1-4H3. The van der Waals surface area contributed by atoms with E-state index < -0.39 is 0 Å². The molecule has 0 amide bonds. The number of hydrogen-bond acceptors (Lipinski definition) is 4. The van der Waals surface area contributed by atoms with Gasteiger partial charge in [0, 0.05) is 40.3 Å². The van der Waals surface area contributed by atoms with Crippen molar-refractivity contribution < 1.29 is 19.1 Å². The predicted molar refractivity (Wildman–Crippen MR) is 79.8 cm³/mol. The van der Waals surface area contributed by atoms with Gasteiger partial charge in [-0.1, -0.05) is 0 Å². The molecule has 118 valence electrons. The number of rotatable bonds is 13. The van der Waals surface area contributed by atoms with Gasteiger partial charge in [0.05, 0.1) is 0 Å². The summed E-state index contributed by atoms with van der Waals surface area (Å²) < 4.78 is 10.4. The Labute approximate surface area is 123 Å². The van der Waals surface area contributed by atoms with Crippen LogP contribution in [0.4, 0.5) is 0 Å². The normalized spacial score (nSPS) is 14.0. The van der Waals surface area contributed by atoms with Crippen LogP contribution in [0.2, 0.25) is 0 Å². The number of ketones is 2. The number of methoxy groups -OCH3 is 2. The quantitative estimate of drug-likeness (QED) is 0.522. The highest BCUT2D eigenvalue weighted by molar-refractivity contribution is 5.75. The molecule has 0 aromatic rings. The summed E-state index contributed by atoms with van der Waals surface area (Å²) in [6, 6.07) is 0. The Kier molecular flexibility index (Phi) is 11.6. The predicted octanol–water partition coefficient (Wildman–Crippen LogP) is 3.03. The Morgan fingerprint density at radius 3 is 1.35 bits per heavy atom. The van der Waals surface area contributed by atoms with Crippen LogP contribution in [0, 0.1) is 11.8 Å². The highest BCUT2D eigenvalue weighted by Gasteiger charge is 2.22. The number of carbonyl (C=O) groups excluding carboxylic acids is 2. The SMILES string of the molecule is COCCC(CCC(C)=O)C(CCOC)CCC(C)=O. The summed E-state index contributed by atoms with van der Waals surface area (Å²) in [4.78, 5) is 22.4. The zero-order valence-electron chi connectivity index (χ0n) is 13.4. The summed E-state index contributed by atoms with van der Waals surface area (Å²) in [5, 5.41) is 0. The molecule has 0 aromatic heterocycles. The molecule has 0 radical (unpaired) electrons. The molecule has 0 aliphatic heterocycles. The van der Waals surface area contributed by atoms with E-state index in [1.807, 2.05) is 0 Å². The molecule has 4 nitrogen and oxygen atoms in total. The molecule has 2 atom stereocenters. The largest absolute Gasteiger partial charge is 0.385 e. The van der Waals surface area contributed by atoms with E-state index >= 15 is 0 Å². The lowest BCUT2D eigenvalue weighted by atomic mass is 9.80. The van der Waals surface area contributed by atoms with Gasteiger partial charge in [-0.15, -0.1) is 0 Å². The van der Waals surface area contributed by atoms with Crippen LogP contribution in [0.25, 0.3) is 0 Å². The van der Waals surface area contributed by atoms with Crippen molar-refractivity contribution in [3.63, 3.8) is 0 Å². The summed E-state index contributed by atoms with van der Waals surface area (Å²) >= 11 is 0. The van der Waals surface area contributed by atoms with Crippen LogP contribution in [0.3, 0.4) is 0 Å². The molecule has 0 fully saturated rings. The summed E-state index contributed by atoms with van der Waals surface area (Å²) in [6.07, 6.45) is 4.86. The van der Waals surface area contributed by atoms with Gasteiger partial charge >= 0.3 is 0 Å². The fraction of sp³-hybridized carbons (Fsp3) is 0.875. The van der Waals surface area contributed by atoms with Crippen molar-refractivity contribution in [1.82, 2.24) is 0 Å². The van der Waals surface area contributed by atoms with Crippen molar-refractivity contribution in [2.24, 2.45) is 11.8 Å². The topological polar surface area (TPSA) is 52.6 Å². The molecule has 0 rings (SSSR count). The van der Waals surface area contributed by atoms with E-state index in [4.69, 9.17) is 9.47 Å². The second kappa shape index (κ2) is 12.0. The Balaban J connectivity index is 4.56. The molecule has 0 saturated carbocycles. The highest BCUT2D eigenvalue weighted by atomic mass is 16.5. The molecule has 2 unspecified atom stereocenters. The van der Waals surface area contributed by atoms with Gasteiger partial charge in [-0.3, -0.25) is 0 Å². The van der Waals surface area contributed by atoms with Gasteiger partial charge in [-0.05, 0) is 51.4 Å². The Bertz CT molecular complexity index is 248. The maximum atomic E-state index is 11.2. The maximum Gasteiger partial charge on any atom is 0.129 e. The second-order valence-electron chi connectivity index (χ2n) is 5.56. The van der Waals surface area contributed by atoms with E-state index in [1.54, 1.807) is 28.1 Å². The van der Waals surface area contributed by atoms with Crippen LogP contribution in [0.5, 0.6) is 0 Å². The lowest BCUT2D eigenvalue weighted by Crippen LogP contribution is -2.20. The summed E-state index contributed by atoms with van der Waals surface area (Å²) in [5.41, 5.74) is 0. The fourth-order valence-corrected chi connectivity index (χ4v) is 2.55. The Morgan fingerprint density at radius 2 is 1.10 bits per heavy atom. The minimum Gasteiger partial charge on any atom is -0.385 e. The summed E-state index contributed by atoms with van der Waals surface area (Å²) in [5.74, 6) is 1.30. The van der Waals surface area contributed by atoms with E-state index in [0.29, 0.717) is 37.9 Å². The molecule has 0 aliphatic rings. The van der Waals surface area contributed by atoms with Crippen LogP contribution in [-0.2, 0) is 19.1 Å². The van der Waals surface area contributed by atoms with Crippen LogP contribution >= 0.6 is 0 Å². The molecule has 20 heavy (non-hydrogen) atoms. The number of hydrogen-bond donors (Lipinski definition) is 0. The zero-order chi connectivity index (χ0) is 15.4. The lowest BCUT2D eigenvalue weighted by Gasteiger charge is -2.26. The first kappa shape index (κ1) is 19.3. The van der Waals surface area contributed by atoms with Crippen molar-refractivity contribution in [3.8, 4) is 0 Å². The molecule has 0 spiro atoms. The molecule has 0 saturated heterocycles. The number of carbonyl (C=O) groups is 2. The number of Topliss-reactive ketones (excluding diaryl/α,β-unsaturated/α-hetero) is 2. The molecule has 0 N–H and O–H groups in total. The molecule has 0 aromatic carbocycles. The third kappa shape index (κ3) is 10.1. The third-order valence-electron chi connectivity index (χ3n) is 3.79. The van der Waals surface area contributed by atoms with Gasteiger partial charge in [0.1, 0.15) is 11.6 Å². The first-order chi connectivity index (χ1) is 9.51. The van der Waals surface area contributed by atoms with E-state index in [9.17, 15) is 9.59 Å². The van der Waals surface area contributed by atoms with Crippen LogP contribution in [0.15, 0.2) is 0 Å². The fourth-order valence-electron chi connectivity index (χ4n) is 2.55. The lowest BCUT2D eigenvalue weighted by molar-refractivity contribution is -0.118. The molecular formula is C16H30O4. The first-order valence-electron chi connectivity index (χ1n) is 7.48. The third-order valence-corrected chi connectivity index (χ3v) is 3.79. The van der Waals surface area contributed by atoms with Crippen molar-refractivity contribution in [1.29, 1.82) is 0 Å². The smallest absolute Gasteiger partial charge is 0.129 e. The molecular weight excluding hydrogens is 256 g/mol. The van der Waals surface area contributed by atoms with Gasteiger partial charge < -0.3 is 19.1 Å². The van der Waals surface area contributed by atoms with Gasteiger partial charge in [0.25, 0.3) is 0 Å². The van der Waals surface area contributed by atoms with Gasteiger partial charge in [-0.2, -0.15) is 0 Å². The Hall–Kier alpha value is -0.740. The summed E-state index contributed by atoms with van der Waals surface area (Å²) in [7, 11) is 3.39. The van der Waals surface area contributed by atoms with Crippen molar-refractivity contribution in [2.45, 2.75) is 52.4 Å². The molecule has 4 heteroatoms.